The third kappa shape index (κ3) is 7.82. The molecule has 1 aliphatic heterocycles. The third-order valence-corrected chi connectivity index (χ3v) is 8.54. The number of thiocarbonyl (C=S) groups is 1. The molecular weight excluding hydrogens is 539 g/mol. The highest BCUT2D eigenvalue weighted by Gasteiger charge is 2.32. The summed E-state index contributed by atoms with van der Waals surface area (Å²) in [6.45, 7) is 4.93. The monoisotopic (exact) mass is 577 g/mol. The highest BCUT2D eigenvalue weighted by atomic mass is 32.2. The first-order valence-corrected chi connectivity index (χ1v) is 15.8. The summed E-state index contributed by atoms with van der Waals surface area (Å²) in [4.78, 5) is 33.5. The van der Waals surface area contributed by atoms with Crippen LogP contribution in [0.4, 0.5) is 0 Å². The Kier molecular flexibility index (Phi) is 11.4. The number of pyridine rings is 1. The number of hydrogen-bond acceptors (Lipinski definition) is 6. The molecule has 0 bridgehead atoms. The fraction of sp³-hybridized carbons (Fsp3) is 0.438. The third-order valence-electron chi connectivity index (χ3n) is 7.16. The van der Waals surface area contributed by atoms with Gasteiger partial charge in [0.05, 0.1) is 4.91 Å². The zero-order chi connectivity index (χ0) is 28.3. The maximum Gasteiger partial charge on any atom is 0.269 e. The quantitative estimate of drug-likeness (QED) is 0.103. The van der Waals surface area contributed by atoms with E-state index in [-0.39, 0.29) is 22.9 Å². The minimum atomic E-state index is -0.300. The fourth-order valence-electron chi connectivity index (χ4n) is 4.77. The van der Waals surface area contributed by atoms with E-state index in [1.165, 1.54) is 73.1 Å². The predicted molar refractivity (Wildman–Crippen MR) is 169 cm³/mol. The number of fused-ring (bicyclic) bond motifs is 1. The lowest BCUT2D eigenvalue weighted by Crippen LogP contribution is -2.29. The van der Waals surface area contributed by atoms with Gasteiger partial charge in [0, 0.05) is 12.7 Å². The van der Waals surface area contributed by atoms with E-state index >= 15 is 0 Å². The van der Waals surface area contributed by atoms with Gasteiger partial charge in [0.15, 0.2) is 0 Å². The molecule has 0 aliphatic carbocycles. The topological polar surface area (TPSA) is 63.9 Å². The Morgan fingerprint density at radius 3 is 2.25 bits per heavy atom. The molecule has 0 saturated carbocycles. The Morgan fingerprint density at radius 1 is 0.900 bits per heavy atom. The predicted octanol–water partition coefficient (Wildman–Crippen LogP) is 8.17. The number of unbranched alkanes of at least 4 members (excludes halogenated alkanes) is 9. The second-order valence-electron chi connectivity index (χ2n) is 10.2. The zero-order valence-corrected chi connectivity index (χ0v) is 25.2. The molecule has 0 spiro atoms. The molecule has 6 nitrogen and oxygen atoms in total. The number of aromatic nitrogens is 2. The van der Waals surface area contributed by atoms with Gasteiger partial charge in [-0.2, -0.15) is 4.98 Å². The van der Waals surface area contributed by atoms with Crippen LogP contribution in [0.5, 0.6) is 11.6 Å². The van der Waals surface area contributed by atoms with Gasteiger partial charge in [-0.25, -0.2) is 0 Å². The molecule has 3 heterocycles. The van der Waals surface area contributed by atoms with Gasteiger partial charge in [0.1, 0.15) is 21.3 Å². The van der Waals surface area contributed by atoms with Gasteiger partial charge in [0.25, 0.3) is 11.5 Å². The number of nitrogens with zero attached hydrogens (tertiary/aromatic N) is 3. The summed E-state index contributed by atoms with van der Waals surface area (Å²) >= 11 is 6.78. The van der Waals surface area contributed by atoms with Crippen molar-refractivity contribution in [2.24, 2.45) is 0 Å². The summed E-state index contributed by atoms with van der Waals surface area (Å²) in [6.07, 6.45) is 16.5. The summed E-state index contributed by atoms with van der Waals surface area (Å²) < 4.78 is 8.09. The number of rotatable bonds is 15. The van der Waals surface area contributed by atoms with Crippen molar-refractivity contribution in [1.29, 1.82) is 0 Å². The molecule has 1 aliphatic rings. The molecule has 3 aromatic rings. The van der Waals surface area contributed by atoms with Crippen molar-refractivity contribution in [1.82, 2.24) is 14.3 Å². The van der Waals surface area contributed by atoms with E-state index in [4.69, 9.17) is 17.0 Å². The van der Waals surface area contributed by atoms with E-state index in [9.17, 15) is 9.59 Å². The van der Waals surface area contributed by atoms with Crippen molar-refractivity contribution in [3.8, 4) is 11.6 Å². The van der Waals surface area contributed by atoms with Gasteiger partial charge >= 0.3 is 0 Å². The molecule has 1 saturated heterocycles. The number of ether oxygens (including phenoxy) is 1. The zero-order valence-electron chi connectivity index (χ0n) is 23.6. The Morgan fingerprint density at radius 2 is 1.57 bits per heavy atom. The number of amides is 1. The fourth-order valence-corrected chi connectivity index (χ4v) is 6.06. The molecule has 4 rings (SSSR count). The largest absolute Gasteiger partial charge is 0.438 e. The summed E-state index contributed by atoms with van der Waals surface area (Å²) in [5.74, 6) is 0.578. The molecule has 0 atom stereocenters. The SMILES string of the molecule is CCCCCCCCCCCCN1C(=O)/C(=C\c2c(Oc3ccc(CC)cc3)nc3ccccn3c2=O)SC1=S. The number of aryl methyl sites for hydroxylation is 1. The second kappa shape index (κ2) is 15.1. The van der Waals surface area contributed by atoms with E-state index in [0.717, 1.165) is 19.3 Å². The van der Waals surface area contributed by atoms with Crippen molar-refractivity contribution in [2.75, 3.05) is 6.54 Å². The molecule has 212 valence electrons. The number of carbonyl (C=O) groups is 1. The van der Waals surface area contributed by atoms with Gasteiger partial charge in [-0.15, -0.1) is 0 Å². The standard InChI is InChI=1S/C32H39N3O3S2/c1-3-5-6-7-8-9-10-11-12-14-22-35-31(37)27(40-32(35)39)23-26-29(38-25-19-17-24(4-2)18-20-25)33-28-16-13-15-21-34(28)30(26)36/h13,15-21,23H,3-12,14,22H2,1-2H3/b27-23+. The smallest absolute Gasteiger partial charge is 0.269 e. The van der Waals surface area contributed by atoms with E-state index in [2.05, 4.69) is 18.8 Å². The van der Waals surface area contributed by atoms with Crippen molar-refractivity contribution in [3.05, 3.63) is 75.0 Å². The normalized spacial score (nSPS) is 14.6. The molecule has 1 fully saturated rings. The maximum atomic E-state index is 13.5. The van der Waals surface area contributed by atoms with E-state index < -0.39 is 0 Å². The Hall–Kier alpha value is -2.97. The van der Waals surface area contributed by atoms with Crippen LogP contribution in [0.2, 0.25) is 0 Å². The van der Waals surface area contributed by atoms with Crippen LogP contribution >= 0.6 is 24.0 Å². The van der Waals surface area contributed by atoms with Crippen molar-refractivity contribution < 1.29 is 9.53 Å². The van der Waals surface area contributed by atoms with Crippen LogP contribution in [-0.4, -0.2) is 31.1 Å². The summed E-state index contributed by atoms with van der Waals surface area (Å²) in [7, 11) is 0. The molecule has 8 heteroatoms. The molecule has 1 amide bonds. The van der Waals surface area contributed by atoms with E-state index in [1.54, 1.807) is 29.3 Å². The summed E-state index contributed by atoms with van der Waals surface area (Å²) in [6, 6.07) is 13.1. The van der Waals surface area contributed by atoms with E-state index in [1.807, 2.05) is 30.3 Å². The summed E-state index contributed by atoms with van der Waals surface area (Å²) in [5.41, 5.74) is 1.58. The van der Waals surface area contributed by atoms with Crippen molar-refractivity contribution >= 4 is 45.9 Å². The molecule has 2 aromatic heterocycles. The van der Waals surface area contributed by atoms with Crippen LogP contribution in [0.1, 0.15) is 89.2 Å². The number of benzene rings is 1. The number of thioether (sulfide) groups is 1. The minimum absolute atomic E-state index is 0.165. The molecule has 0 radical (unpaired) electrons. The van der Waals surface area contributed by atoms with Crippen molar-refractivity contribution in [3.63, 3.8) is 0 Å². The molecular formula is C32H39N3O3S2. The van der Waals surface area contributed by atoms with Crippen LogP contribution in [0.25, 0.3) is 11.7 Å². The van der Waals surface area contributed by atoms with Gasteiger partial charge < -0.3 is 4.74 Å². The van der Waals surface area contributed by atoms with Gasteiger partial charge in [-0.1, -0.05) is 114 Å². The summed E-state index contributed by atoms with van der Waals surface area (Å²) in [5, 5.41) is 0. The first-order valence-electron chi connectivity index (χ1n) is 14.6. The lowest BCUT2D eigenvalue weighted by molar-refractivity contribution is -0.122. The van der Waals surface area contributed by atoms with Crippen LogP contribution in [0, 0.1) is 0 Å². The second-order valence-corrected chi connectivity index (χ2v) is 11.9. The lowest BCUT2D eigenvalue weighted by Gasteiger charge is -2.14. The highest BCUT2D eigenvalue weighted by Crippen LogP contribution is 2.34. The molecule has 40 heavy (non-hydrogen) atoms. The van der Waals surface area contributed by atoms with Crippen LogP contribution < -0.4 is 10.3 Å². The van der Waals surface area contributed by atoms with Crippen LogP contribution in [-0.2, 0) is 11.2 Å². The van der Waals surface area contributed by atoms with Gasteiger partial charge in [-0.05, 0) is 48.7 Å². The Balaban J connectivity index is 1.44. The van der Waals surface area contributed by atoms with Crippen LogP contribution in [0.15, 0.2) is 58.4 Å². The average Bonchev–Trinajstić information content (AvgIpc) is 3.23. The van der Waals surface area contributed by atoms with Crippen molar-refractivity contribution in [2.45, 2.75) is 84.5 Å². The van der Waals surface area contributed by atoms with Gasteiger partial charge in [-0.3, -0.25) is 18.9 Å². The van der Waals surface area contributed by atoms with E-state index in [0.29, 0.717) is 27.2 Å². The number of carbonyl (C=O) groups excluding carboxylic acids is 1. The minimum Gasteiger partial charge on any atom is -0.438 e. The van der Waals surface area contributed by atoms with Crippen LogP contribution in [0.3, 0.4) is 0 Å². The molecule has 1 aromatic carbocycles. The first kappa shape index (κ1) is 30.0. The molecule has 0 unspecified atom stereocenters. The Bertz CT molecular complexity index is 1400. The van der Waals surface area contributed by atoms with Gasteiger partial charge in [0.2, 0.25) is 5.88 Å². The number of hydrogen-bond donors (Lipinski definition) is 0. The Labute approximate surface area is 246 Å². The first-order chi connectivity index (χ1) is 19.5. The highest BCUT2D eigenvalue weighted by molar-refractivity contribution is 8.26. The maximum absolute atomic E-state index is 13.5. The average molecular weight is 578 g/mol. The molecule has 0 N–H and O–H groups in total. The lowest BCUT2D eigenvalue weighted by atomic mass is 10.1.